The van der Waals surface area contributed by atoms with Crippen LogP contribution in [0.1, 0.15) is 17.9 Å². The SMILES string of the molecule is Cl.NNC(=O)[C@@H]1C[C@H]1c1ccc(Cl)cc1. The number of hydrogen-bond acceptors (Lipinski definition) is 2. The van der Waals surface area contributed by atoms with Gasteiger partial charge in [-0.2, -0.15) is 0 Å². The lowest BCUT2D eigenvalue weighted by Crippen LogP contribution is -2.31. The van der Waals surface area contributed by atoms with Gasteiger partial charge in [-0.25, -0.2) is 5.84 Å². The summed E-state index contributed by atoms with van der Waals surface area (Å²) >= 11 is 5.76. The quantitative estimate of drug-likeness (QED) is 0.476. The average molecular weight is 247 g/mol. The Kier molecular flexibility index (Phi) is 3.97. The maximum absolute atomic E-state index is 11.2. The topological polar surface area (TPSA) is 55.1 Å². The number of hydrogen-bond donors (Lipinski definition) is 2. The Hall–Kier alpha value is -0.770. The molecule has 15 heavy (non-hydrogen) atoms. The number of hydrazine groups is 1. The molecule has 1 fully saturated rings. The zero-order valence-electron chi connectivity index (χ0n) is 7.94. The summed E-state index contributed by atoms with van der Waals surface area (Å²) in [6.07, 6.45) is 0.880. The van der Waals surface area contributed by atoms with E-state index in [0.29, 0.717) is 10.9 Å². The Bertz CT molecular complexity index is 353. The summed E-state index contributed by atoms with van der Waals surface area (Å²) in [6.45, 7) is 0. The second-order valence-electron chi connectivity index (χ2n) is 3.51. The van der Waals surface area contributed by atoms with E-state index in [4.69, 9.17) is 17.4 Å². The number of nitrogens with two attached hydrogens (primary N) is 1. The molecule has 0 aromatic heterocycles. The largest absolute Gasteiger partial charge is 0.294 e. The molecule has 1 aromatic rings. The van der Waals surface area contributed by atoms with Gasteiger partial charge in [-0.15, -0.1) is 12.4 Å². The van der Waals surface area contributed by atoms with Crippen molar-refractivity contribution in [2.45, 2.75) is 12.3 Å². The molecule has 3 nitrogen and oxygen atoms in total. The fourth-order valence-electron chi connectivity index (χ4n) is 1.67. The molecule has 0 bridgehead atoms. The molecular formula is C10H12Cl2N2O. The minimum absolute atomic E-state index is 0. The Morgan fingerprint density at radius 1 is 1.40 bits per heavy atom. The van der Waals surface area contributed by atoms with Crippen LogP contribution in [0.5, 0.6) is 0 Å². The number of carbonyl (C=O) groups excluding carboxylic acids is 1. The Balaban J connectivity index is 0.00000112. The zero-order chi connectivity index (χ0) is 10.1. The van der Waals surface area contributed by atoms with E-state index >= 15 is 0 Å². The maximum atomic E-state index is 11.2. The molecule has 2 atom stereocenters. The fourth-order valence-corrected chi connectivity index (χ4v) is 1.80. The van der Waals surface area contributed by atoms with Crippen LogP contribution in [0.2, 0.25) is 5.02 Å². The van der Waals surface area contributed by atoms with E-state index in [2.05, 4.69) is 5.43 Å². The number of rotatable bonds is 2. The lowest BCUT2D eigenvalue weighted by atomic mass is 10.1. The third-order valence-corrected chi connectivity index (χ3v) is 2.82. The molecule has 1 aliphatic carbocycles. The van der Waals surface area contributed by atoms with Crippen molar-refractivity contribution in [2.24, 2.45) is 11.8 Å². The standard InChI is InChI=1S/C10H11ClN2O.ClH/c11-7-3-1-6(2-4-7)8-5-9(8)10(14)13-12;/h1-4,8-9H,5,12H2,(H,13,14);1H/t8-,9+;/m0./s1. The molecule has 1 aliphatic rings. The van der Waals surface area contributed by atoms with Gasteiger partial charge in [-0.05, 0) is 30.0 Å². The summed E-state index contributed by atoms with van der Waals surface area (Å²) in [5.41, 5.74) is 3.33. The zero-order valence-corrected chi connectivity index (χ0v) is 9.52. The predicted octanol–water partition coefficient (Wildman–Crippen LogP) is 1.86. The first kappa shape index (κ1) is 12.3. The van der Waals surface area contributed by atoms with Crippen LogP contribution in [0.15, 0.2) is 24.3 Å². The van der Waals surface area contributed by atoms with Crippen LogP contribution in [0.3, 0.4) is 0 Å². The van der Waals surface area contributed by atoms with Crippen molar-refractivity contribution < 1.29 is 4.79 Å². The van der Waals surface area contributed by atoms with Crippen LogP contribution in [-0.4, -0.2) is 5.91 Å². The smallest absolute Gasteiger partial charge is 0.237 e. The lowest BCUT2D eigenvalue weighted by Gasteiger charge is -1.99. The number of nitrogens with one attached hydrogen (secondary N) is 1. The number of carbonyl (C=O) groups is 1. The van der Waals surface area contributed by atoms with Crippen molar-refractivity contribution in [1.29, 1.82) is 0 Å². The summed E-state index contributed by atoms with van der Waals surface area (Å²) in [4.78, 5) is 11.2. The Labute approximate surface area is 99.4 Å². The highest BCUT2D eigenvalue weighted by Gasteiger charge is 2.43. The molecule has 1 amide bonds. The number of halogens is 2. The summed E-state index contributed by atoms with van der Waals surface area (Å²) in [6, 6.07) is 7.59. The first-order valence-electron chi connectivity index (χ1n) is 4.48. The molecule has 82 valence electrons. The molecule has 0 spiro atoms. The second kappa shape index (κ2) is 4.84. The summed E-state index contributed by atoms with van der Waals surface area (Å²) < 4.78 is 0. The van der Waals surface area contributed by atoms with Gasteiger partial charge in [-0.3, -0.25) is 10.2 Å². The summed E-state index contributed by atoms with van der Waals surface area (Å²) in [7, 11) is 0. The van der Waals surface area contributed by atoms with Crippen molar-refractivity contribution >= 4 is 29.9 Å². The highest BCUT2D eigenvalue weighted by Crippen LogP contribution is 2.47. The van der Waals surface area contributed by atoms with E-state index in [-0.39, 0.29) is 24.2 Å². The first-order chi connectivity index (χ1) is 6.72. The van der Waals surface area contributed by atoms with Gasteiger partial charge in [0.2, 0.25) is 5.91 Å². The van der Waals surface area contributed by atoms with Gasteiger partial charge in [0.05, 0.1) is 0 Å². The molecule has 1 aromatic carbocycles. The van der Waals surface area contributed by atoms with Crippen molar-refractivity contribution in [2.75, 3.05) is 0 Å². The van der Waals surface area contributed by atoms with Crippen LogP contribution in [0.4, 0.5) is 0 Å². The third kappa shape index (κ3) is 2.62. The van der Waals surface area contributed by atoms with Crippen LogP contribution >= 0.6 is 24.0 Å². The lowest BCUT2D eigenvalue weighted by molar-refractivity contribution is -0.122. The molecule has 0 heterocycles. The van der Waals surface area contributed by atoms with Crippen molar-refractivity contribution in [3.05, 3.63) is 34.9 Å². The summed E-state index contributed by atoms with van der Waals surface area (Å²) in [5, 5.41) is 0.717. The second-order valence-corrected chi connectivity index (χ2v) is 3.95. The third-order valence-electron chi connectivity index (χ3n) is 2.57. The number of amides is 1. The van der Waals surface area contributed by atoms with Crippen molar-refractivity contribution in [1.82, 2.24) is 5.43 Å². The van der Waals surface area contributed by atoms with E-state index in [1.165, 1.54) is 0 Å². The Morgan fingerprint density at radius 2 is 2.00 bits per heavy atom. The average Bonchev–Trinajstić information content (AvgIpc) is 2.98. The van der Waals surface area contributed by atoms with E-state index in [9.17, 15) is 4.79 Å². The van der Waals surface area contributed by atoms with Crippen LogP contribution in [0.25, 0.3) is 0 Å². The molecule has 0 radical (unpaired) electrons. The molecule has 2 rings (SSSR count). The number of benzene rings is 1. The van der Waals surface area contributed by atoms with Gasteiger partial charge in [0.15, 0.2) is 0 Å². The monoisotopic (exact) mass is 246 g/mol. The summed E-state index contributed by atoms with van der Waals surface area (Å²) in [5.74, 6) is 5.34. The van der Waals surface area contributed by atoms with Gasteiger partial charge >= 0.3 is 0 Å². The first-order valence-corrected chi connectivity index (χ1v) is 4.86. The highest BCUT2D eigenvalue weighted by atomic mass is 35.5. The molecular weight excluding hydrogens is 235 g/mol. The normalized spacial score (nSPS) is 22.8. The van der Waals surface area contributed by atoms with Gasteiger partial charge in [0.25, 0.3) is 0 Å². The maximum Gasteiger partial charge on any atom is 0.237 e. The van der Waals surface area contributed by atoms with Crippen LogP contribution < -0.4 is 11.3 Å². The van der Waals surface area contributed by atoms with Gasteiger partial charge in [-0.1, -0.05) is 23.7 Å². The van der Waals surface area contributed by atoms with Crippen LogP contribution in [0, 0.1) is 5.92 Å². The minimum Gasteiger partial charge on any atom is -0.294 e. The molecule has 5 heteroatoms. The fraction of sp³-hybridized carbons (Fsp3) is 0.300. The van der Waals surface area contributed by atoms with Crippen LogP contribution in [-0.2, 0) is 4.79 Å². The molecule has 1 saturated carbocycles. The predicted molar refractivity (Wildman–Crippen MR) is 61.9 cm³/mol. The van der Waals surface area contributed by atoms with Gasteiger partial charge in [0, 0.05) is 10.9 Å². The Morgan fingerprint density at radius 3 is 2.53 bits per heavy atom. The molecule has 0 unspecified atom stereocenters. The van der Waals surface area contributed by atoms with Gasteiger partial charge < -0.3 is 0 Å². The minimum atomic E-state index is -0.0788. The van der Waals surface area contributed by atoms with Crippen molar-refractivity contribution in [3.8, 4) is 0 Å². The van der Waals surface area contributed by atoms with Gasteiger partial charge in [0.1, 0.15) is 0 Å². The van der Waals surface area contributed by atoms with E-state index in [0.717, 1.165) is 12.0 Å². The van der Waals surface area contributed by atoms with Crippen molar-refractivity contribution in [3.63, 3.8) is 0 Å². The van der Waals surface area contributed by atoms with E-state index < -0.39 is 0 Å². The molecule has 0 aliphatic heterocycles. The molecule has 0 saturated heterocycles. The highest BCUT2D eigenvalue weighted by molar-refractivity contribution is 6.30. The molecule has 3 N–H and O–H groups in total. The van der Waals surface area contributed by atoms with E-state index in [1.54, 1.807) is 0 Å². The van der Waals surface area contributed by atoms with E-state index in [1.807, 2.05) is 24.3 Å².